The first-order valence-electron chi connectivity index (χ1n) is 5.86. The number of primary amides is 1. The molecule has 0 spiro atoms. The standard InChI is InChI=1S/C12H17N3O2/c1-14-10(16)9-7-12(11(13)17,5-6-15-9)8-3-2-4-8/h5-6,8H,2-4,7H2,1H3,(H2,13,17)(H,14,16). The summed E-state index contributed by atoms with van der Waals surface area (Å²) >= 11 is 0. The van der Waals surface area contributed by atoms with Crippen molar-refractivity contribution >= 4 is 17.5 Å². The minimum Gasteiger partial charge on any atom is -0.369 e. The molecule has 3 N–H and O–H groups in total. The number of hydrogen-bond acceptors (Lipinski definition) is 3. The quantitative estimate of drug-likeness (QED) is 0.740. The van der Waals surface area contributed by atoms with Crippen molar-refractivity contribution in [1.82, 2.24) is 5.32 Å². The number of nitrogens with zero attached hydrogens (tertiary/aromatic N) is 1. The zero-order valence-corrected chi connectivity index (χ0v) is 9.90. The average molecular weight is 235 g/mol. The molecule has 0 aromatic heterocycles. The van der Waals surface area contributed by atoms with E-state index in [-0.39, 0.29) is 17.7 Å². The molecule has 0 saturated heterocycles. The Hall–Kier alpha value is -1.65. The molecule has 0 aromatic rings. The van der Waals surface area contributed by atoms with Crippen molar-refractivity contribution in [1.29, 1.82) is 0 Å². The van der Waals surface area contributed by atoms with E-state index in [1.165, 1.54) is 6.20 Å². The second-order valence-corrected chi connectivity index (χ2v) is 4.68. The maximum atomic E-state index is 11.8. The third kappa shape index (κ3) is 1.85. The van der Waals surface area contributed by atoms with Crippen LogP contribution in [0.5, 0.6) is 0 Å². The van der Waals surface area contributed by atoms with Crippen LogP contribution in [-0.2, 0) is 9.59 Å². The first kappa shape index (κ1) is 11.8. The Labute approximate surface area is 100 Å². The monoisotopic (exact) mass is 235 g/mol. The third-order valence-corrected chi connectivity index (χ3v) is 3.84. The molecule has 92 valence electrons. The molecule has 5 nitrogen and oxygen atoms in total. The Morgan fingerprint density at radius 3 is 2.71 bits per heavy atom. The zero-order valence-electron chi connectivity index (χ0n) is 9.90. The van der Waals surface area contributed by atoms with Gasteiger partial charge in [0.25, 0.3) is 5.91 Å². The predicted molar refractivity (Wildman–Crippen MR) is 64.2 cm³/mol. The number of carbonyl (C=O) groups excluding carboxylic acids is 2. The molecule has 0 aromatic carbocycles. The second-order valence-electron chi connectivity index (χ2n) is 4.68. The number of aliphatic imine (C=N–C) groups is 1. The van der Waals surface area contributed by atoms with Crippen LogP contribution in [0.4, 0.5) is 0 Å². The molecular weight excluding hydrogens is 218 g/mol. The Morgan fingerprint density at radius 2 is 2.24 bits per heavy atom. The van der Waals surface area contributed by atoms with Gasteiger partial charge in [-0.15, -0.1) is 0 Å². The zero-order chi connectivity index (χ0) is 12.5. The maximum absolute atomic E-state index is 11.8. The molecule has 1 saturated carbocycles. The fourth-order valence-electron chi connectivity index (χ4n) is 2.50. The van der Waals surface area contributed by atoms with Crippen LogP contribution in [-0.4, -0.2) is 24.6 Å². The molecule has 0 radical (unpaired) electrons. The summed E-state index contributed by atoms with van der Waals surface area (Å²) in [5.74, 6) is -0.333. The molecule has 1 aliphatic heterocycles. The Bertz CT molecular complexity index is 410. The molecule has 1 unspecified atom stereocenters. The lowest BCUT2D eigenvalue weighted by atomic mass is 9.62. The van der Waals surface area contributed by atoms with Gasteiger partial charge in [-0.1, -0.05) is 12.5 Å². The molecule has 2 aliphatic rings. The van der Waals surface area contributed by atoms with Gasteiger partial charge in [0, 0.05) is 19.7 Å². The highest BCUT2D eigenvalue weighted by atomic mass is 16.2. The average Bonchev–Trinajstić information content (AvgIpc) is 2.25. The number of rotatable bonds is 3. The van der Waals surface area contributed by atoms with E-state index in [0.29, 0.717) is 12.1 Å². The van der Waals surface area contributed by atoms with Crippen LogP contribution in [0.25, 0.3) is 0 Å². The summed E-state index contributed by atoms with van der Waals surface area (Å²) in [6.07, 6.45) is 6.74. The van der Waals surface area contributed by atoms with Crippen LogP contribution in [0.15, 0.2) is 17.3 Å². The van der Waals surface area contributed by atoms with E-state index in [4.69, 9.17) is 5.73 Å². The minimum absolute atomic E-state index is 0.237. The van der Waals surface area contributed by atoms with Crippen LogP contribution >= 0.6 is 0 Å². The predicted octanol–water partition coefficient (Wildman–Crippen LogP) is 0.363. The van der Waals surface area contributed by atoms with E-state index in [1.807, 2.05) is 0 Å². The molecule has 1 aliphatic carbocycles. The molecule has 2 amide bonds. The molecule has 2 rings (SSSR count). The smallest absolute Gasteiger partial charge is 0.265 e. The lowest BCUT2D eigenvalue weighted by Gasteiger charge is -2.42. The van der Waals surface area contributed by atoms with Crippen molar-refractivity contribution in [2.75, 3.05) is 7.05 Å². The van der Waals surface area contributed by atoms with E-state index in [2.05, 4.69) is 10.3 Å². The van der Waals surface area contributed by atoms with Gasteiger partial charge in [-0.05, 0) is 18.8 Å². The van der Waals surface area contributed by atoms with Crippen molar-refractivity contribution in [2.24, 2.45) is 22.1 Å². The number of hydrogen-bond donors (Lipinski definition) is 2. The Kier molecular flexibility index (Phi) is 3.00. The summed E-state index contributed by atoms with van der Waals surface area (Å²) in [4.78, 5) is 27.4. The normalized spacial score (nSPS) is 28.2. The van der Waals surface area contributed by atoms with Gasteiger partial charge in [0.15, 0.2) is 0 Å². The van der Waals surface area contributed by atoms with E-state index in [1.54, 1.807) is 13.1 Å². The van der Waals surface area contributed by atoms with E-state index < -0.39 is 5.41 Å². The molecule has 17 heavy (non-hydrogen) atoms. The van der Waals surface area contributed by atoms with Crippen molar-refractivity contribution in [2.45, 2.75) is 25.7 Å². The summed E-state index contributed by atoms with van der Waals surface area (Å²) in [5, 5.41) is 2.53. The first-order chi connectivity index (χ1) is 8.10. The van der Waals surface area contributed by atoms with Gasteiger partial charge in [0.2, 0.25) is 5.91 Å². The first-order valence-corrected chi connectivity index (χ1v) is 5.86. The lowest BCUT2D eigenvalue weighted by Crippen LogP contribution is -2.48. The molecule has 5 heteroatoms. The second kappa shape index (κ2) is 4.31. The lowest BCUT2D eigenvalue weighted by molar-refractivity contribution is -0.129. The van der Waals surface area contributed by atoms with Crippen molar-refractivity contribution < 1.29 is 9.59 Å². The molecule has 1 heterocycles. The van der Waals surface area contributed by atoms with E-state index >= 15 is 0 Å². The minimum atomic E-state index is -0.707. The fourth-order valence-corrected chi connectivity index (χ4v) is 2.50. The van der Waals surface area contributed by atoms with E-state index in [9.17, 15) is 9.59 Å². The van der Waals surface area contributed by atoms with Crippen molar-refractivity contribution in [3.05, 3.63) is 12.3 Å². The van der Waals surface area contributed by atoms with Crippen LogP contribution in [0.3, 0.4) is 0 Å². The number of nitrogens with two attached hydrogens (primary N) is 1. The Balaban J connectivity index is 2.26. The molecule has 1 fully saturated rings. The topological polar surface area (TPSA) is 84.6 Å². The molecule has 0 bridgehead atoms. The summed E-state index contributed by atoms with van der Waals surface area (Å²) in [7, 11) is 1.55. The molecule has 1 atom stereocenters. The van der Waals surface area contributed by atoms with Gasteiger partial charge < -0.3 is 11.1 Å². The van der Waals surface area contributed by atoms with Gasteiger partial charge in [-0.3, -0.25) is 14.6 Å². The van der Waals surface area contributed by atoms with Crippen LogP contribution in [0, 0.1) is 11.3 Å². The fraction of sp³-hybridized carbons (Fsp3) is 0.583. The van der Waals surface area contributed by atoms with Crippen LogP contribution in [0.1, 0.15) is 25.7 Å². The summed E-state index contributed by atoms with van der Waals surface area (Å²) in [6, 6.07) is 0. The summed E-state index contributed by atoms with van der Waals surface area (Å²) in [6.45, 7) is 0. The van der Waals surface area contributed by atoms with E-state index in [0.717, 1.165) is 19.3 Å². The maximum Gasteiger partial charge on any atom is 0.265 e. The SMILES string of the molecule is CNC(=O)C1=NC=CC(C(N)=O)(C2CCC2)C1. The van der Waals surface area contributed by atoms with Gasteiger partial charge >= 0.3 is 0 Å². The highest BCUT2D eigenvalue weighted by molar-refractivity contribution is 6.39. The number of nitrogens with one attached hydrogen (secondary N) is 1. The van der Waals surface area contributed by atoms with Crippen LogP contribution in [0.2, 0.25) is 0 Å². The summed E-state index contributed by atoms with van der Waals surface area (Å²) < 4.78 is 0. The summed E-state index contributed by atoms with van der Waals surface area (Å²) in [5.41, 5.74) is 5.22. The van der Waals surface area contributed by atoms with Crippen LogP contribution < -0.4 is 11.1 Å². The highest BCUT2D eigenvalue weighted by Crippen LogP contribution is 2.46. The van der Waals surface area contributed by atoms with Gasteiger partial charge in [0.1, 0.15) is 5.71 Å². The Morgan fingerprint density at radius 1 is 1.53 bits per heavy atom. The molecular formula is C12H17N3O2. The number of amides is 2. The van der Waals surface area contributed by atoms with Crippen molar-refractivity contribution in [3.8, 4) is 0 Å². The highest BCUT2D eigenvalue weighted by Gasteiger charge is 2.47. The van der Waals surface area contributed by atoms with Crippen molar-refractivity contribution in [3.63, 3.8) is 0 Å². The van der Waals surface area contributed by atoms with Gasteiger partial charge in [0.05, 0.1) is 5.41 Å². The third-order valence-electron chi connectivity index (χ3n) is 3.84. The van der Waals surface area contributed by atoms with Gasteiger partial charge in [-0.25, -0.2) is 0 Å². The largest absolute Gasteiger partial charge is 0.369 e. The number of carbonyl (C=O) groups is 2. The van der Waals surface area contributed by atoms with Gasteiger partial charge in [-0.2, -0.15) is 0 Å².